The molecule has 4 unspecified atom stereocenters. The van der Waals surface area contributed by atoms with Crippen LogP contribution in [0, 0.1) is 17.8 Å². The zero-order valence-corrected chi connectivity index (χ0v) is 29.0. The fraction of sp³-hybridized carbons (Fsp3) is 0.684. The predicted molar refractivity (Wildman–Crippen MR) is 178 cm³/mol. The minimum Gasteiger partial charge on any atom is -0.290 e. The van der Waals surface area contributed by atoms with Crippen LogP contribution in [-0.2, 0) is 9.68 Å². The van der Waals surface area contributed by atoms with Gasteiger partial charge >= 0.3 is 0 Å². The quantitative estimate of drug-likeness (QED) is 0.234. The second-order valence-corrected chi connectivity index (χ2v) is 15.4. The summed E-state index contributed by atoms with van der Waals surface area (Å²) in [6.45, 7) is 27.2. The van der Waals surface area contributed by atoms with Gasteiger partial charge in [0.25, 0.3) is 0 Å². The van der Waals surface area contributed by atoms with E-state index in [1.54, 1.807) is 0 Å². The molecule has 0 amide bonds. The molecule has 4 atom stereocenters. The second-order valence-electron chi connectivity index (χ2n) is 15.4. The topological polar surface area (TPSA) is 24.9 Å². The largest absolute Gasteiger partial charge is 0.290 e. The molecule has 3 rings (SSSR count). The Labute approximate surface area is 259 Å². The van der Waals surface area contributed by atoms with Gasteiger partial charge in [-0.05, 0) is 103 Å². The van der Waals surface area contributed by atoms with Crippen molar-refractivity contribution in [3.05, 3.63) is 71.3 Å². The minimum absolute atomic E-state index is 0.0335. The Hall–Kier alpha value is -1.72. The van der Waals surface area contributed by atoms with Crippen LogP contribution in [0.5, 0.6) is 0 Å². The maximum Gasteiger partial charge on any atom is 0.102 e. The van der Waals surface area contributed by atoms with Gasteiger partial charge in [0.05, 0.1) is 6.04 Å². The van der Waals surface area contributed by atoms with Crippen molar-refractivity contribution in [3.8, 4) is 0 Å². The standard InChI is InChI=1S/C38H62N2O2/c1-27(2)35(33-19-15-13-16-20-33)39(37(7,8)9)41-29(5)31-23-25-32(26-24-31)30(6)42-40(38(10,11)12)36(28(3)4)34-21-17-14-18-22-34/h13,15-16,19-20,23-30,34-36H,14,17-18,21-22H2,1-12H3. The monoisotopic (exact) mass is 578 g/mol. The highest BCUT2D eigenvalue weighted by atomic mass is 16.7. The number of benzene rings is 2. The summed E-state index contributed by atoms with van der Waals surface area (Å²) < 4.78 is 0. The van der Waals surface area contributed by atoms with Crippen LogP contribution >= 0.6 is 0 Å². The molecule has 0 aliphatic heterocycles. The number of hydroxylamine groups is 4. The molecule has 1 saturated carbocycles. The SMILES string of the molecule is CC(ON(C(c1ccccc1)C(C)C)C(C)(C)C)c1ccc(C(C)ON(C(C(C)C)C2CCCCC2)C(C)(C)C)cc1. The molecule has 42 heavy (non-hydrogen) atoms. The molecule has 1 aliphatic rings. The van der Waals surface area contributed by atoms with Gasteiger partial charge in [-0.2, -0.15) is 10.1 Å². The summed E-state index contributed by atoms with van der Waals surface area (Å²) in [7, 11) is 0. The van der Waals surface area contributed by atoms with Crippen LogP contribution in [0.2, 0.25) is 0 Å². The van der Waals surface area contributed by atoms with Crippen molar-refractivity contribution in [2.45, 2.75) is 151 Å². The van der Waals surface area contributed by atoms with Gasteiger partial charge in [-0.1, -0.05) is 102 Å². The molecule has 1 fully saturated rings. The fourth-order valence-corrected chi connectivity index (χ4v) is 6.74. The van der Waals surface area contributed by atoms with Gasteiger partial charge in [0.2, 0.25) is 0 Å². The van der Waals surface area contributed by atoms with Crippen molar-refractivity contribution < 1.29 is 9.68 Å². The smallest absolute Gasteiger partial charge is 0.102 e. The van der Waals surface area contributed by atoms with Gasteiger partial charge in [0.1, 0.15) is 12.2 Å². The molecule has 1 aliphatic carbocycles. The molecule has 0 N–H and O–H groups in total. The molecule has 0 bridgehead atoms. The minimum atomic E-state index is -0.164. The number of hydrogen-bond donors (Lipinski definition) is 0. The third kappa shape index (κ3) is 9.14. The Kier molecular flexibility index (Phi) is 12.3. The van der Waals surface area contributed by atoms with Crippen molar-refractivity contribution in [2.75, 3.05) is 0 Å². The molecule has 0 saturated heterocycles. The lowest BCUT2D eigenvalue weighted by Crippen LogP contribution is -2.53. The zero-order chi connectivity index (χ0) is 31.2. The highest BCUT2D eigenvalue weighted by Gasteiger charge is 2.39. The lowest BCUT2D eigenvalue weighted by atomic mass is 9.78. The number of rotatable bonds is 12. The van der Waals surface area contributed by atoms with Crippen molar-refractivity contribution >= 4 is 0 Å². The van der Waals surface area contributed by atoms with E-state index < -0.39 is 0 Å². The van der Waals surface area contributed by atoms with E-state index in [1.165, 1.54) is 48.8 Å². The van der Waals surface area contributed by atoms with E-state index in [0.29, 0.717) is 23.8 Å². The number of hydrogen-bond acceptors (Lipinski definition) is 4. The summed E-state index contributed by atoms with van der Waals surface area (Å²) >= 11 is 0. The molecular formula is C38H62N2O2. The van der Waals surface area contributed by atoms with Crippen LogP contribution in [0.15, 0.2) is 54.6 Å². The Bertz CT molecular complexity index is 1050. The van der Waals surface area contributed by atoms with Crippen LogP contribution in [-0.4, -0.2) is 27.2 Å². The van der Waals surface area contributed by atoms with Crippen molar-refractivity contribution in [2.24, 2.45) is 17.8 Å². The highest BCUT2D eigenvalue weighted by Crippen LogP contribution is 2.39. The van der Waals surface area contributed by atoms with Crippen LogP contribution in [0.3, 0.4) is 0 Å². The molecule has 0 radical (unpaired) electrons. The van der Waals surface area contributed by atoms with Crippen LogP contribution in [0.4, 0.5) is 0 Å². The first-order valence-corrected chi connectivity index (χ1v) is 16.7. The third-order valence-electron chi connectivity index (χ3n) is 8.85. The van der Waals surface area contributed by atoms with E-state index in [9.17, 15) is 0 Å². The Balaban J connectivity index is 1.78. The lowest BCUT2D eigenvalue weighted by molar-refractivity contribution is -0.280. The van der Waals surface area contributed by atoms with Crippen molar-refractivity contribution in [1.29, 1.82) is 0 Å². The van der Waals surface area contributed by atoms with Crippen LogP contribution in [0.25, 0.3) is 0 Å². The lowest BCUT2D eigenvalue weighted by Gasteiger charge is -2.47. The normalized spacial score (nSPS) is 18.6. The average molecular weight is 579 g/mol. The molecule has 4 heteroatoms. The van der Waals surface area contributed by atoms with Crippen LogP contribution < -0.4 is 0 Å². The Morgan fingerprint density at radius 2 is 1.02 bits per heavy atom. The van der Waals surface area contributed by atoms with Gasteiger partial charge in [-0.15, -0.1) is 0 Å². The first kappa shape index (κ1) is 34.8. The summed E-state index contributed by atoms with van der Waals surface area (Å²) in [5, 5.41) is 4.57. The predicted octanol–water partition coefficient (Wildman–Crippen LogP) is 10.9. The van der Waals surface area contributed by atoms with E-state index in [1.807, 2.05) is 0 Å². The van der Waals surface area contributed by atoms with Gasteiger partial charge in [0, 0.05) is 17.1 Å². The van der Waals surface area contributed by atoms with E-state index in [0.717, 1.165) is 0 Å². The average Bonchev–Trinajstić information content (AvgIpc) is 2.92. The molecule has 0 heterocycles. The van der Waals surface area contributed by atoms with Crippen molar-refractivity contribution in [1.82, 2.24) is 10.1 Å². The second kappa shape index (κ2) is 14.8. The first-order chi connectivity index (χ1) is 19.6. The summed E-state index contributed by atoms with van der Waals surface area (Å²) in [5.41, 5.74) is 3.41. The molecule has 2 aromatic carbocycles. The molecule has 0 spiro atoms. The van der Waals surface area contributed by atoms with Gasteiger partial charge in [-0.25, -0.2) is 0 Å². The van der Waals surface area contributed by atoms with Crippen LogP contribution in [0.1, 0.15) is 150 Å². The van der Waals surface area contributed by atoms with Gasteiger partial charge in [-0.3, -0.25) is 9.68 Å². The molecular weight excluding hydrogens is 516 g/mol. The first-order valence-electron chi connectivity index (χ1n) is 16.7. The van der Waals surface area contributed by atoms with Gasteiger partial charge < -0.3 is 0 Å². The van der Waals surface area contributed by atoms with E-state index in [4.69, 9.17) is 9.68 Å². The molecule has 236 valence electrons. The molecule has 0 aromatic heterocycles. The van der Waals surface area contributed by atoms with E-state index in [2.05, 4.69) is 148 Å². The number of nitrogens with zero attached hydrogens (tertiary/aromatic N) is 2. The van der Waals surface area contributed by atoms with Gasteiger partial charge in [0.15, 0.2) is 0 Å². The third-order valence-corrected chi connectivity index (χ3v) is 8.85. The Morgan fingerprint density at radius 1 is 0.571 bits per heavy atom. The molecule has 4 nitrogen and oxygen atoms in total. The van der Waals surface area contributed by atoms with E-state index >= 15 is 0 Å². The highest BCUT2D eigenvalue weighted by molar-refractivity contribution is 5.25. The summed E-state index contributed by atoms with van der Waals surface area (Å²) in [4.78, 5) is 13.7. The summed E-state index contributed by atoms with van der Waals surface area (Å²) in [6.07, 6.45) is 6.58. The maximum atomic E-state index is 6.89. The zero-order valence-electron chi connectivity index (χ0n) is 29.0. The summed E-state index contributed by atoms with van der Waals surface area (Å²) in [5.74, 6) is 1.63. The summed E-state index contributed by atoms with van der Waals surface area (Å²) in [6, 6.07) is 20.2. The fourth-order valence-electron chi connectivity index (χ4n) is 6.74. The maximum absolute atomic E-state index is 6.89. The Morgan fingerprint density at radius 3 is 1.43 bits per heavy atom. The van der Waals surface area contributed by atoms with Crippen molar-refractivity contribution in [3.63, 3.8) is 0 Å². The molecule has 2 aromatic rings. The van der Waals surface area contributed by atoms with E-state index in [-0.39, 0.29) is 29.3 Å².